The summed E-state index contributed by atoms with van der Waals surface area (Å²) in [5.41, 5.74) is 1.21. The minimum atomic E-state index is -3.72. The zero-order valence-electron chi connectivity index (χ0n) is 12.3. The van der Waals surface area contributed by atoms with Gasteiger partial charge in [0.1, 0.15) is 0 Å². The topological polar surface area (TPSA) is 55.8 Å². The molecule has 0 bridgehead atoms. The summed E-state index contributed by atoms with van der Waals surface area (Å²) in [6.45, 7) is 9.42. The molecule has 0 aliphatic rings. The highest BCUT2D eigenvalue weighted by atomic mass is 31.2. The Morgan fingerprint density at radius 2 is 1.75 bits per heavy atom. The van der Waals surface area contributed by atoms with Crippen molar-refractivity contribution in [3.05, 3.63) is 48.0 Å². The molecule has 0 spiro atoms. The van der Waals surface area contributed by atoms with Gasteiger partial charge in [-0.15, -0.1) is 6.58 Å². The van der Waals surface area contributed by atoms with Crippen LogP contribution in [0.4, 0.5) is 0 Å². The number of rotatable bonds is 8. The first-order valence-electron chi connectivity index (χ1n) is 6.71. The van der Waals surface area contributed by atoms with E-state index in [9.17, 15) is 9.67 Å². The van der Waals surface area contributed by atoms with Gasteiger partial charge in [0.05, 0.1) is 13.2 Å². The minimum absolute atomic E-state index is 0.119. The van der Waals surface area contributed by atoms with E-state index in [-0.39, 0.29) is 19.6 Å². The molecule has 0 radical (unpaired) electrons. The highest BCUT2D eigenvalue weighted by Crippen LogP contribution is 2.65. The SMILES string of the molecule is C=C(C)CC(O)(c1ccccc1)P(=O)(OCC)OCC. The van der Waals surface area contributed by atoms with Crippen molar-refractivity contribution in [2.24, 2.45) is 0 Å². The van der Waals surface area contributed by atoms with E-state index in [2.05, 4.69) is 6.58 Å². The fourth-order valence-corrected chi connectivity index (χ4v) is 4.18. The minimum Gasteiger partial charge on any atom is -0.373 e. The van der Waals surface area contributed by atoms with Crippen molar-refractivity contribution in [2.45, 2.75) is 32.5 Å². The van der Waals surface area contributed by atoms with E-state index in [1.165, 1.54) is 0 Å². The Labute approximate surface area is 121 Å². The molecule has 0 saturated carbocycles. The summed E-state index contributed by atoms with van der Waals surface area (Å²) in [4.78, 5) is 0. The van der Waals surface area contributed by atoms with Gasteiger partial charge in [0.15, 0.2) is 5.34 Å². The van der Waals surface area contributed by atoms with E-state index >= 15 is 0 Å². The van der Waals surface area contributed by atoms with Crippen LogP contribution in [0.3, 0.4) is 0 Å². The second kappa shape index (κ2) is 7.19. The third kappa shape index (κ3) is 3.58. The summed E-state index contributed by atoms with van der Waals surface area (Å²) in [6.07, 6.45) is 0.119. The van der Waals surface area contributed by atoms with Crippen LogP contribution in [0.1, 0.15) is 32.8 Å². The fourth-order valence-electron chi connectivity index (χ4n) is 2.07. The highest BCUT2D eigenvalue weighted by Gasteiger charge is 2.50. The first-order chi connectivity index (χ1) is 9.39. The number of aliphatic hydroxyl groups is 1. The van der Waals surface area contributed by atoms with Crippen molar-refractivity contribution >= 4 is 7.60 Å². The average Bonchev–Trinajstić information content (AvgIpc) is 2.39. The Kier molecular flexibility index (Phi) is 6.15. The molecule has 0 aliphatic carbocycles. The molecule has 0 heterocycles. The van der Waals surface area contributed by atoms with E-state index in [4.69, 9.17) is 9.05 Å². The van der Waals surface area contributed by atoms with Crippen LogP contribution >= 0.6 is 7.60 Å². The lowest BCUT2D eigenvalue weighted by molar-refractivity contribution is 0.0655. The molecule has 1 aromatic rings. The van der Waals surface area contributed by atoms with E-state index in [1.54, 1.807) is 45.0 Å². The first kappa shape index (κ1) is 17.1. The van der Waals surface area contributed by atoms with Crippen LogP contribution in [0.15, 0.2) is 42.5 Å². The van der Waals surface area contributed by atoms with Gasteiger partial charge in [0.2, 0.25) is 0 Å². The smallest absolute Gasteiger partial charge is 0.366 e. The van der Waals surface area contributed by atoms with Gasteiger partial charge in [-0.05, 0) is 26.3 Å². The van der Waals surface area contributed by atoms with Crippen molar-refractivity contribution in [1.82, 2.24) is 0 Å². The summed E-state index contributed by atoms with van der Waals surface area (Å²) in [5.74, 6) is 0. The molecule has 0 aliphatic heterocycles. The van der Waals surface area contributed by atoms with Crippen LogP contribution in [0.5, 0.6) is 0 Å². The summed E-state index contributed by atoms with van der Waals surface area (Å²) in [6, 6.07) is 8.82. The van der Waals surface area contributed by atoms with E-state index in [1.807, 2.05) is 6.07 Å². The summed E-state index contributed by atoms with van der Waals surface area (Å²) < 4.78 is 23.7. The lowest BCUT2D eigenvalue weighted by atomic mass is 10.0. The zero-order valence-corrected chi connectivity index (χ0v) is 13.2. The first-order valence-corrected chi connectivity index (χ1v) is 8.25. The van der Waals surface area contributed by atoms with Crippen molar-refractivity contribution in [2.75, 3.05) is 13.2 Å². The molecular weight excluding hydrogens is 275 g/mol. The zero-order chi connectivity index (χ0) is 15.2. The average molecular weight is 298 g/mol. The molecule has 20 heavy (non-hydrogen) atoms. The molecule has 1 unspecified atom stereocenters. The predicted molar refractivity (Wildman–Crippen MR) is 80.6 cm³/mol. The van der Waals surface area contributed by atoms with E-state index in [0.717, 1.165) is 0 Å². The van der Waals surface area contributed by atoms with Gasteiger partial charge in [0, 0.05) is 6.42 Å². The molecule has 112 valence electrons. The van der Waals surface area contributed by atoms with Gasteiger partial charge in [-0.1, -0.05) is 35.9 Å². The monoisotopic (exact) mass is 298 g/mol. The highest BCUT2D eigenvalue weighted by molar-refractivity contribution is 7.54. The van der Waals surface area contributed by atoms with Gasteiger partial charge < -0.3 is 14.2 Å². The Balaban J connectivity index is 3.36. The number of hydrogen-bond donors (Lipinski definition) is 1. The van der Waals surface area contributed by atoms with Gasteiger partial charge in [-0.25, -0.2) is 0 Å². The van der Waals surface area contributed by atoms with E-state index < -0.39 is 12.9 Å². The maximum Gasteiger partial charge on any atom is 0.366 e. The Morgan fingerprint density at radius 1 is 1.25 bits per heavy atom. The molecule has 0 fully saturated rings. The molecule has 0 aromatic heterocycles. The molecule has 1 N–H and O–H groups in total. The summed E-state index contributed by atoms with van der Waals surface area (Å²) >= 11 is 0. The third-order valence-electron chi connectivity index (χ3n) is 2.84. The molecule has 0 saturated heterocycles. The second-order valence-electron chi connectivity index (χ2n) is 4.65. The molecule has 5 heteroatoms. The van der Waals surface area contributed by atoms with Crippen LogP contribution in [0.25, 0.3) is 0 Å². The Hall–Kier alpha value is -0.930. The van der Waals surface area contributed by atoms with Gasteiger partial charge in [-0.2, -0.15) is 0 Å². The van der Waals surface area contributed by atoms with Crippen molar-refractivity contribution in [3.63, 3.8) is 0 Å². The second-order valence-corrected chi connectivity index (χ2v) is 6.90. The van der Waals surface area contributed by atoms with Crippen LogP contribution in [-0.2, 0) is 19.0 Å². The molecular formula is C15H23O4P. The maximum atomic E-state index is 13.0. The quantitative estimate of drug-likeness (QED) is 0.581. The molecule has 4 nitrogen and oxygen atoms in total. The summed E-state index contributed by atoms with van der Waals surface area (Å²) in [5, 5.41) is 9.34. The lowest BCUT2D eigenvalue weighted by Crippen LogP contribution is -2.28. The summed E-state index contributed by atoms with van der Waals surface area (Å²) in [7, 11) is -3.72. The predicted octanol–water partition coefficient (Wildman–Crippen LogP) is 4.06. The van der Waals surface area contributed by atoms with Crippen molar-refractivity contribution in [1.29, 1.82) is 0 Å². The number of hydrogen-bond acceptors (Lipinski definition) is 4. The fraction of sp³-hybridized carbons (Fsp3) is 0.467. The van der Waals surface area contributed by atoms with Crippen LogP contribution in [-0.4, -0.2) is 18.3 Å². The molecule has 1 aromatic carbocycles. The van der Waals surface area contributed by atoms with Gasteiger partial charge >= 0.3 is 7.60 Å². The molecule has 1 rings (SSSR count). The van der Waals surface area contributed by atoms with Crippen molar-refractivity contribution in [3.8, 4) is 0 Å². The van der Waals surface area contributed by atoms with Crippen LogP contribution in [0.2, 0.25) is 0 Å². The Morgan fingerprint density at radius 3 is 2.15 bits per heavy atom. The lowest BCUT2D eigenvalue weighted by Gasteiger charge is -2.35. The Bertz CT molecular complexity index is 476. The number of benzene rings is 1. The normalized spacial score (nSPS) is 14.8. The third-order valence-corrected chi connectivity index (χ3v) is 5.35. The van der Waals surface area contributed by atoms with E-state index in [0.29, 0.717) is 11.1 Å². The standard InChI is InChI=1S/C15H23O4P/c1-5-18-20(17,19-6-2)15(16,12-13(3)4)14-10-8-7-9-11-14/h7-11,16H,3,5-6,12H2,1-2,4H3. The van der Waals surface area contributed by atoms with Gasteiger partial charge in [0.25, 0.3) is 0 Å². The molecule has 0 amide bonds. The van der Waals surface area contributed by atoms with Gasteiger partial charge in [-0.3, -0.25) is 4.57 Å². The largest absolute Gasteiger partial charge is 0.373 e. The molecule has 1 atom stereocenters. The maximum absolute atomic E-state index is 13.0. The van der Waals surface area contributed by atoms with Crippen LogP contribution in [0, 0.1) is 0 Å². The van der Waals surface area contributed by atoms with Crippen LogP contribution < -0.4 is 0 Å². The van der Waals surface area contributed by atoms with Crippen molar-refractivity contribution < 1.29 is 18.7 Å².